The molecule has 1 aliphatic carbocycles. The zero-order valence-electron chi connectivity index (χ0n) is 13.8. The fourth-order valence-electron chi connectivity index (χ4n) is 3.36. The highest BCUT2D eigenvalue weighted by molar-refractivity contribution is 5.79. The van der Waals surface area contributed by atoms with Crippen molar-refractivity contribution in [2.45, 2.75) is 37.8 Å². The number of ether oxygens (including phenoxy) is 1. The van der Waals surface area contributed by atoms with E-state index >= 15 is 0 Å². The maximum absolute atomic E-state index is 12.1. The van der Waals surface area contributed by atoms with Crippen LogP contribution in [-0.4, -0.2) is 29.8 Å². The van der Waals surface area contributed by atoms with E-state index in [9.17, 15) is 9.90 Å². The van der Waals surface area contributed by atoms with Crippen LogP contribution in [0.25, 0.3) is 11.1 Å². The summed E-state index contributed by atoms with van der Waals surface area (Å²) in [5.74, 6) is -0.645. The smallest absolute Gasteiger partial charge is 0.336 e. The molecule has 0 amide bonds. The molecule has 2 atom stereocenters. The average Bonchev–Trinajstić information content (AvgIpc) is 2.93. The van der Waals surface area contributed by atoms with Crippen molar-refractivity contribution in [3.63, 3.8) is 0 Å². The number of fused-ring (bicyclic) bond motifs is 3. The molecule has 1 aliphatic rings. The Balaban J connectivity index is 1.75. The largest absolute Gasteiger partial charge is 0.463 e. The van der Waals surface area contributed by atoms with Gasteiger partial charge in [0.05, 0.1) is 0 Å². The maximum atomic E-state index is 12.1. The van der Waals surface area contributed by atoms with E-state index in [1.165, 1.54) is 11.1 Å². The Bertz CT molecular complexity index is 683. The molecule has 126 valence electrons. The Morgan fingerprint density at radius 1 is 1.12 bits per heavy atom. The molecule has 4 heteroatoms. The van der Waals surface area contributed by atoms with Crippen LogP contribution < -0.4 is 5.73 Å². The number of carbonyl (C=O) groups is 1. The molecule has 1 unspecified atom stereocenters. The molecule has 3 N–H and O–H groups in total. The van der Waals surface area contributed by atoms with E-state index in [0.717, 1.165) is 17.5 Å². The lowest BCUT2D eigenvalue weighted by molar-refractivity contribution is -0.155. The van der Waals surface area contributed by atoms with E-state index in [-0.39, 0.29) is 12.5 Å². The second-order valence-electron chi connectivity index (χ2n) is 6.25. The van der Waals surface area contributed by atoms with Crippen LogP contribution in [0.3, 0.4) is 0 Å². The first-order valence-electron chi connectivity index (χ1n) is 8.42. The van der Waals surface area contributed by atoms with Crippen LogP contribution in [0.2, 0.25) is 0 Å². The third-order valence-electron chi connectivity index (χ3n) is 4.62. The van der Waals surface area contributed by atoms with Gasteiger partial charge in [-0.2, -0.15) is 0 Å². The molecule has 0 heterocycles. The number of aliphatic hydroxyl groups excluding tert-OH is 1. The maximum Gasteiger partial charge on any atom is 0.336 e. The first kappa shape index (κ1) is 16.7. The molecule has 0 saturated heterocycles. The molecule has 0 aliphatic heterocycles. The van der Waals surface area contributed by atoms with E-state index in [4.69, 9.17) is 10.5 Å². The number of rotatable bonds is 6. The van der Waals surface area contributed by atoms with Crippen LogP contribution in [-0.2, 0) is 9.53 Å². The quantitative estimate of drug-likeness (QED) is 0.801. The van der Waals surface area contributed by atoms with Gasteiger partial charge in [-0.3, -0.25) is 0 Å². The molecular formula is C20H23NO3. The van der Waals surface area contributed by atoms with Crippen molar-refractivity contribution in [1.29, 1.82) is 0 Å². The summed E-state index contributed by atoms with van der Waals surface area (Å²) >= 11 is 0. The number of aliphatic hydroxyl groups is 1. The summed E-state index contributed by atoms with van der Waals surface area (Å²) in [7, 11) is 0. The highest BCUT2D eigenvalue weighted by Gasteiger charge is 2.30. The minimum absolute atomic E-state index is 0.00375. The van der Waals surface area contributed by atoms with Crippen LogP contribution in [0.4, 0.5) is 0 Å². The van der Waals surface area contributed by atoms with Crippen LogP contribution in [0, 0.1) is 0 Å². The minimum atomic E-state index is -1.27. The number of benzene rings is 2. The average molecular weight is 325 g/mol. The van der Waals surface area contributed by atoms with Crippen molar-refractivity contribution >= 4 is 5.97 Å². The highest BCUT2D eigenvalue weighted by atomic mass is 16.5. The Morgan fingerprint density at radius 2 is 1.67 bits per heavy atom. The van der Waals surface area contributed by atoms with Crippen molar-refractivity contribution in [3.8, 4) is 11.1 Å². The van der Waals surface area contributed by atoms with Gasteiger partial charge >= 0.3 is 5.97 Å². The number of nitrogens with two attached hydrogens (primary N) is 1. The third kappa shape index (κ3) is 3.07. The van der Waals surface area contributed by atoms with Crippen molar-refractivity contribution in [2.75, 3.05) is 6.61 Å². The lowest BCUT2D eigenvalue weighted by Crippen LogP contribution is -2.41. The number of hydrogen-bond acceptors (Lipinski definition) is 4. The van der Waals surface area contributed by atoms with Gasteiger partial charge in [0.25, 0.3) is 0 Å². The Morgan fingerprint density at radius 3 is 2.21 bits per heavy atom. The van der Waals surface area contributed by atoms with E-state index in [1.807, 2.05) is 31.2 Å². The van der Waals surface area contributed by atoms with Gasteiger partial charge in [0.2, 0.25) is 0 Å². The lowest BCUT2D eigenvalue weighted by Gasteiger charge is -2.19. The monoisotopic (exact) mass is 325 g/mol. The van der Waals surface area contributed by atoms with Gasteiger partial charge in [-0.05, 0) is 28.7 Å². The van der Waals surface area contributed by atoms with Gasteiger partial charge < -0.3 is 15.6 Å². The number of carbonyl (C=O) groups excluding carboxylic acids is 1. The fourth-order valence-corrected chi connectivity index (χ4v) is 3.36. The van der Waals surface area contributed by atoms with Crippen LogP contribution in [0.15, 0.2) is 48.5 Å². The summed E-state index contributed by atoms with van der Waals surface area (Å²) in [4.78, 5) is 12.1. The SMILES string of the molecule is CCC[C@H](N)C(O)C(=O)OCC1c2ccccc2-c2ccccc21. The molecule has 3 rings (SSSR count). The minimum Gasteiger partial charge on any atom is -0.463 e. The Kier molecular flexibility index (Phi) is 4.97. The van der Waals surface area contributed by atoms with Gasteiger partial charge in [-0.25, -0.2) is 4.79 Å². The molecule has 24 heavy (non-hydrogen) atoms. The van der Waals surface area contributed by atoms with Crippen molar-refractivity contribution < 1.29 is 14.6 Å². The fraction of sp³-hybridized carbons (Fsp3) is 0.350. The molecule has 0 radical (unpaired) electrons. The zero-order chi connectivity index (χ0) is 17.1. The van der Waals surface area contributed by atoms with E-state index < -0.39 is 18.1 Å². The van der Waals surface area contributed by atoms with Gasteiger partial charge in [-0.1, -0.05) is 61.9 Å². The number of esters is 1. The molecule has 0 saturated carbocycles. The molecule has 2 aromatic carbocycles. The summed E-state index contributed by atoms with van der Waals surface area (Å²) in [6.45, 7) is 2.17. The summed E-state index contributed by atoms with van der Waals surface area (Å²) in [6, 6.07) is 15.7. The Labute approximate surface area is 142 Å². The second-order valence-corrected chi connectivity index (χ2v) is 6.25. The van der Waals surface area contributed by atoms with E-state index in [1.54, 1.807) is 0 Å². The molecule has 0 fully saturated rings. The van der Waals surface area contributed by atoms with Gasteiger partial charge in [-0.15, -0.1) is 0 Å². The third-order valence-corrected chi connectivity index (χ3v) is 4.62. The standard InChI is InChI=1S/C20H23NO3/c1-2-7-18(21)19(22)20(23)24-12-17-15-10-5-3-8-13(15)14-9-4-6-11-16(14)17/h3-6,8-11,17-19,22H,2,7,12,21H2,1H3/t18-,19?/m0/s1. The predicted molar refractivity (Wildman–Crippen MR) is 93.6 cm³/mol. The predicted octanol–water partition coefficient (Wildman–Crippen LogP) is 2.83. The molecule has 4 nitrogen and oxygen atoms in total. The summed E-state index contributed by atoms with van der Waals surface area (Å²) in [5, 5.41) is 9.98. The number of hydrogen-bond donors (Lipinski definition) is 2. The van der Waals surface area contributed by atoms with Crippen molar-refractivity contribution in [3.05, 3.63) is 59.7 Å². The topological polar surface area (TPSA) is 72.5 Å². The van der Waals surface area contributed by atoms with Crippen LogP contribution in [0.1, 0.15) is 36.8 Å². The molecule has 0 aromatic heterocycles. The van der Waals surface area contributed by atoms with E-state index in [2.05, 4.69) is 24.3 Å². The van der Waals surface area contributed by atoms with Crippen molar-refractivity contribution in [1.82, 2.24) is 0 Å². The summed E-state index contributed by atoms with van der Waals surface area (Å²) in [6.07, 6.45) is 0.136. The van der Waals surface area contributed by atoms with Gasteiger partial charge in [0.15, 0.2) is 6.10 Å². The molecule has 0 spiro atoms. The molecular weight excluding hydrogens is 302 g/mol. The normalized spacial score (nSPS) is 15.5. The Hall–Kier alpha value is -2.17. The van der Waals surface area contributed by atoms with Crippen molar-refractivity contribution in [2.24, 2.45) is 5.73 Å². The molecule has 2 aromatic rings. The van der Waals surface area contributed by atoms with Gasteiger partial charge in [0.1, 0.15) is 6.61 Å². The highest BCUT2D eigenvalue weighted by Crippen LogP contribution is 2.44. The zero-order valence-corrected chi connectivity index (χ0v) is 13.8. The van der Waals surface area contributed by atoms with Crippen LogP contribution in [0.5, 0.6) is 0 Å². The lowest BCUT2D eigenvalue weighted by atomic mass is 9.98. The molecule has 0 bridgehead atoms. The first-order valence-corrected chi connectivity index (χ1v) is 8.42. The first-order chi connectivity index (χ1) is 11.6. The van der Waals surface area contributed by atoms with E-state index in [0.29, 0.717) is 6.42 Å². The summed E-state index contributed by atoms with van der Waals surface area (Å²) < 4.78 is 5.40. The summed E-state index contributed by atoms with van der Waals surface area (Å²) in [5.41, 5.74) is 10.5. The van der Waals surface area contributed by atoms with Crippen LogP contribution >= 0.6 is 0 Å². The second kappa shape index (κ2) is 7.16. The van der Waals surface area contributed by atoms with Gasteiger partial charge in [0, 0.05) is 12.0 Å².